The SMILES string of the molecule is CC(C)NC(=O)c1cc([C@@H]2CN(Cc3cn[nH]c3C(C)(C)C)CCO2)nc2ccccc12. The lowest BCUT2D eigenvalue weighted by atomic mass is 9.89. The van der Waals surface area contributed by atoms with E-state index in [2.05, 4.69) is 41.2 Å². The van der Waals surface area contributed by atoms with Gasteiger partial charge in [0, 0.05) is 47.7 Å². The molecule has 7 nitrogen and oxygen atoms in total. The highest BCUT2D eigenvalue weighted by Gasteiger charge is 2.27. The van der Waals surface area contributed by atoms with Crippen LogP contribution in [-0.4, -0.2) is 51.7 Å². The van der Waals surface area contributed by atoms with E-state index in [1.807, 2.05) is 50.4 Å². The number of amides is 1. The first-order valence-electron chi connectivity index (χ1n) is 11.3. The van der Waals surface area contributed by atoms with Crippen LogP contribution in [0.25, 0.3) is 10.9 Å². The van der Waals surface area contributed by atoms with Crippen molar-refractivity contribution < 1.29 is 9.53 Å². The molecule has 4 rings (SSSR count). The monoisotopic (exact) mass is 435 g/mol. The number of H-pyrrole nitrogens is 1. The number of ether oxygens (including phenoxy) is 1. The Morgan fingerprint density at radius 2 is 2.09 bits per heavy atom. The molecule has 1 saturated heterocycles. The average molecular weight is 436 g/mol. The van der Waals surface area contributed by atoms with Gasteiger partial charge in [0.15, 0.2) is 0 Å². The molecule has 0 unspecified atom stereocenters. The number of pyridine rings is 1. The molecule has 7 heteroatoms. The maximum absolute atomic E-state index is 12.9. The van der Waals surface area contributed by atoms with Gasteiger partial charge in [0.1, 0.15) is 6.10 Å². The molecule has 32 heavy (non-hydrogen) atoms. The summed E-state index contributed by atoms with van der Waals surface area (Å²) in [7, 11) is 0. The van der Waals surface area contributed by atoms with Gasteiger partial charge < -0.3 is 10.1 Å². The molecule has 0 bridgehead atoms. The zero-order valence-corrected chi connectivity index (χ0v) is 19.6. The van der Waals surface area contributed by atoms with Crippen LogP contribution in [0, 0.1) is 0 Å². The van der Waals surface area contributed by atoms with Crippen molar-refractivity contribution in [2.45, 2.75) is 58.7 Å². The Labute approximate surface area is 189 Å². The first-order chi connectivity index (χ1) is 15.2. The minimum atomic E-state index is -0.191. The molecule has 2 N–H and O–H groups in total. The van der Waals surface area contributed by atoms with Crippen molar-refractivity contribution in [2.75, 3.05) is 19.7 Å². The topological polar surface area (TPSA) is 83.1 Å². The van der Waals surface area contributed by atoms with E-state index in [1.165, 1.54) is 5.56 Å². The molecule has 1 aliphatic rings. The predicted molar refractivity (Wildman–Crippen MR) is 126 cm³/mol. The number of aromatic amines is 1. The molecule has 1 aromatic carbocycles. The van der Waals surface area contributed by atoms with Crippen molar-refractivity contribution in [3.63, 3.8) is 0 Å². The molecular formula is C25H33N5O2. The number of nitrogens with zero attached hydrogens (tertiary/aromatic N) is 3. The first-order valence-corrected chi connectivity index (χ1v) is 11.3. The highest BCUT2D eigenvalue weighted by atomic mass is 16.5. The summed E-state index contributed by atoms with van der Waals surface area (Å²) in [6.07, 6.45) is 1.73. The Morgan fingerprint density at radius 3 is 2.84 bits per heavy atom. The number of para-hydroxylation sites is 1. The van der Waals surface area contributed by atoms with Crippen LogP contribution in [-0.2, 0) is 16.7 Å². The van der Waals surface area contributed by atoms with Crippen molar-refractivity contribution in [3.8, 4) is 0 Å². The number of nitrogens with one attached hydrogen (secondary N) is 2. The maximum atomic E-state index is 12.9. The van der Waals surface area contributed by atoms with Gasteiger partial charge >= 0.3 is 0 Å². The summed E-state index contributed by atoms with van der Waals surface area (Å²) in [5.41, 5.74) is 4.63. The summed E-state index contributed by atoms with van der Waals surface area (Å²) < 4.78 is 6.12. The van der Waals surface area contributed by atoms with Crippen LogP contribution in [0.3, 0.4) is 0 Å². The molecule has 0 radical (unpaired) electrons. The number of carbonyl (C=O) groups excluding carboxylic acids is 1. The van der Waals surface area contributed by atoms with Crippen molar-refractivity contribution >= 4 is 16.8 Å². The second kappa shape index (κ2) is 9.00. The smallest absolute Gasteiger partial charge is 0.252 e. The van der Waals surface area contributed by atoms with E-state index in [9.17, 15) is 4.79 Å². The molecule has 1 amide bonds. The number of benzene rings is 1. The van der Waals surface area contributed by atoms with E-state index in [0.29, 0.717) is 18.7 Å². The third-order valence-corrected chi connectivity index (χ3v) is 5.74. The third kappa shape index (κ3) is 4.84. The lowest BCUT2D eigenvalue weighted by molar-refractivity contribution is -0.0349. The summed E-state index contributed by atoms with van der Waals surface area (Å²) in [5, 5.41) is 11.3. The van der Waals surface area contributed by atoms with E-state index >= 15 is 0 Å². The predicted octanol–water partition coefficient (Wildman–Crippen LogP) is 3.97. The van der Waals surface area contributed by atoms with Crippen molar-refractivity contribution in [2.24, 2.45) is 0 Å². The van der Waals surface area contributed by atoms with Crippen molar-refractivity contribution in [3.05, 3.63) is 59.0 Å². The Balaban J connectivity index is 1.60. The quantitative estimate of drug-likeness (QED) is 0.634. The van der Waals surface area contributed by atoms with Gasteiger partial charge in [-0.25, -0.2) is 4.98 Å². The zero-order chi connectivity index (χ0) is 22.9. The fourth-order valence-electron chi connectivity index (χ4n) is 4.23. The van der Waals surface area contributed by atoms with Gasteiger partial charge in [0.25, 0.3) is 5.91 Å². The molecule has 0 aliphatic carbocycles. The van der Waals surface area contributed by atoms with Gasteiger partial charge in [-0.1, -0.05) is 39.0 Å². The maximum Gasteiger partial charge on any atom is 0.252 e. The Morgan fingerprint density at radius 1 is 1.31 bits per heavy atom. The summed E-state index contributed by atoms with van der Waals surface area (Å²) >= 11 is 0. The van der Waals surface area contributed by atoms with Crippen LogP contribution in [0.1, 0.15) is 68.0 Å². The number of hydrogen-bond donors (Lipinski definition) is 2. The number of morpholine rings is 1. The van der Waals surface area contributed by atoms with Crippen LogP contribution >= 0.6 is 0 Å². The van der Waals surface area contributed by atoms with Crippen molar-refractivity contribution in [1.82, 2.24) is 25.4 Å². The molecule has 1 fully saturated rings. The fraction of sp³-hybridized carbons (Fsp3) is 0.480. The summed E-state index contributed by atoms with van der Waals surface area (Å²) in [4.78, 5) is 20.1. The summed E-state index contributed by atoms with van der Waals surface area (Å²) in [6, 6.07) is 9.74. The van der Waals surface area contributed by atoms with Gasteiger partial charge in [0.05, 0.1) is 29.6 Å². The van der Waals surface area contributed by atoms with Crippen LogP contribution in [0.4, 0.5) is 0 Å². The fourth-order valence-corrected chi connectivity index (χ4v) is 4.23. The number of rotatable bonds is 5. The van der Waals surface area contributed by atoms with E-state index < -0.39 is 0 Å². The van der Waals surface area contributed by atoms with Gasteiger partial charge in [-0.05, 0) is 26.0 Å². The number of aromatic nitrogens is 3. The van der Waals surface area contributed by atoms with Crippen LogP contribution < -0.4 is 5.32 Å². The highest BCUT2D eigenvalue weighted by molar-refractivity contribution is 6.06. The molecular weight excluding hydrogens is 402 g/mol. The minimum Gasteiger partial charge on any atom is -0.369 e. The Kier molecular flexibility index (Phi) is 6.31. The largest absolute Gasteiger partial charge is 0.369 e. The molecule has 0 saturated carbocycles. The molecule has 1 aliphatic heterocycles. The Bertz CT molecular complexity index is 1100. The van der Waals surface area contributed by atoms with Crippen LogP contribution in [0.5, 0.6) is 0 Å². The van der Waals surface area contributed by atoms with Gasteiger partial charge in [-0.2, -0.15) is 5.10 Å². The Hall–Kier alpha value is -2.77. The van der Waals surface area contributed by atoms with E-state index in [1.54, 1.807) is 0 Å². The standard InChI is InChI=1S/C25H33N5O2/c1-16(2)27-24(31)19-12-21(28-20-9-7-6-8-18(19)20)22-15-30(10-11-32-22)14-17-13-26-29-23(17)25(3,4)5/h6-9,12-13,16,22H,10-11,14-15H2,1-5H3,(H,26,29)(H,27,31)/t22-/m0/s1. The lowest BCUT2D eigenvalue weighted by Gasteiger charge is -2.33. The summed E-state index contributed by atoms with van der Waals surface area (Å²) in [5.74, 6) is -0.0827. The first kappa shape index (κ1) is 22.4. The lowest BCUT2D eigenvalue weighted by Crippen LogP contribution is -2.38. The highest BCUT2D eigenvalue weighted by Crippen LogP contribution is 2.29. The minimum absolute atomic E-state index is 0.0100. The van der Waals surface area contributed by atoms with Crippen LogP contribution in [0.2, 0.25) is 0 Å². The molecule has 2 aromatic heterocycles. The van der Waals surface area contributed by atoms with Crippen molar-refractivity contribution in [1.29, 1.82) is 0 Å². The zero-order valence-electron chi connectivity index (χ0n) is 19.6. The number of hydrogen-bond acceptors (Lipinski definition) is 5. The molecule has 0 spiro atoms. The van der Waals surface area contributed by atoms with Crippen LogP contribution in [0.15, 0.2) is 36.5 Å². The molecule has 3 aromatic rings. The summed E-state index contributed by atoms with van der Waals surface area (Å²) in [6.45, 7) is 13.5. The molecule has 3 heterocycles. The average Bonchev–Trinajstić information content (AvgIpc) is 3.21. The number of fused-ring (bicyclic) bond motifs is 1. The van der Waals surface area contributed by atoms with Gasteiger partial charge in [-0.3, -0.25) is 14.8 Å². The molecule has 1 atom stereocenters. The normalized spacial score (nSPS) is 17.8. The number of carbonyl (C=O) groups is 1. The van der Waals surface area contributed by atoms with E-state index in [0.717, 1.165) is 35.4 Å². The van der Waals surface area contributed by atoms with Gasteiger partial charge in [0.2, 0.25) is 0 Å². The van der Waals surface area contributed by atoms with E-state index in [4.69, 9.17) is 9.72 Å². The molecule has 170 valence electrons. The second-order valence-corrected chi connectivity index (χ2v) is 9.85. The van der Waals surface area contributed by atoms with E-state index in [-0.39, 0.29) is 23.5 Å². The third-order valence-electron chi connectivity index (χ3n) is 5.74. The van der Waals surface area contributed by atoms with Gasteiger partial charge in [-0.15, -0.1) is 0 Å². The second-order valence-electron chi connectivity index (χ2n) is 9.85.